The van der Waals surface area contributed by atoms with Gasteiger partial charge in [-0.05, 0) is 19.1 Å². The third kappa shape index (κ3) is 3.21. The number of nitrogens with zero attached hydrogens (tertiary/aromatic N) is 3. The van der Waals surface area contributed by atoms with Crippen LogP contribution in [0.15, 0.2) is 70.9 Å². The molecule has 0 bridgehead atoms. The first-order valence-electron chi connectivity index (χ1n) is 7.92. The number of rotatable bonds is 4. The average Bonchev–Trinajstić information content (AvgIpc) is 3.06. The van der Waals surface area contributed by atoms with E-state index in [0.717, 1.165) is 22.6 Å². The first-order chi connectivity index (χ1) is 12.2. The summed E-state index contributed by atoms with van der Waals surface area (Å²) in [6.07, 6.45) is 3.96. The van der Waals surface area contributed by atoms with Crippen molar-refractivity contribution in [1.29, 1.82) is 0 Å². The highest BCUT2D eigenvalue weighted by Crippen LogP contribution is 2.23. The Labute approximate surface area is 148 Å². The molecule has 25 heavy (non-hydrogen) atoms. The predicted molar refractivity (Wildman–Crippen MR) is 99.8 cm³/mol. The van der Waals surface area contributed by atoms with Gasteiger partial charge in [-0.1, -0.05) is 48.2 Å². The van der Waals surface area contributed by atoms with Crippen LogP contribution in [0.2, 0.25) is 0 Å². The third-order valence-corrected chi connectivity index (χ3v) is 4.85. The lowest BCUT2D eigenvalue weighted by atomic mass is 10.1. The Hall–Kier alpha value is -2.86. The largest absolute Gasteiger partial charge is 0.307 e. The number of hydrogen-bond acceptors (Lipinski definition) is 4. The summed E-state index contributed by atoms with van der Waals surface area (Å²) in [5.41, 5.74) is 4.05. The first-order valence-corrected chi connectivity index (χ1v) is 8.91. The van der Waals surface area contributed by atoms with Crippen molar-refractivity contribution in [3.8, 4) is 11.3 Å². The van der Waals surface area contributed by atoms with E-state index in [2.05, 4.69) is 15.0 Å². The number of aromatic amines is 1. The lowest BCUT2D eigenvalue weighted by Gasteiger charge is -2.07. The van der Waals surface area contributed by atoms with Crippen molar-refractivity contribution in [3.63, 3.8) is 0 Å². The molecule has 0 aliphatic rings. The van der Waals surface area contributed by atoms with Gasteiger partial charge in [0.15, 0.2) is 5.16 Å². The summed E-state index contributed by atoms with van der Waals surface area (Å²) in [6, 6.07) is 15.7. The minimum absolute atomic E-state index is 0.105. The Bertz CT molecular complexity index is 1050. The van der Waals surface area contributed by atoms with Crippen molar-refractivity contribution in [2.45, 2.75) is 17.8 Å². The van der Waals surface area contributed by atoms with Crippen LogP contribution in [0.5, 0.6) is 0 Å². The van der Waals surface area contributed by atoms with Crippen LogP contribution in [0.1, 0.15) is 11.3 Å². The Morgan fingerprint density at radius 2 is 1.88 bits per heavy atom. The van der Waals surface area contributed by atoms with Crippen LogP contribution < -0.4 is 5.56 Å². The molecule has 0 fully saturated rings. The molecule has 4 rings (SSSR count). The zero-order valence-electron chi connectivity index (χ0n) is 13.6. The average molecular weight is 348 g/mol. The first kappa shape index (κ1) is 15.7. The van der Waals surface area contributed by atoms with Gasteiger partial charge in [0.05, 0.1) is 11.4 Å². The topological polar surface area (TPSA) is 63.1 Å². The summed E-state index contributed by atoms with van der Waals surface area (Å²) >= 11 is 1.48. The highest BCUT2D eigenvalue weighted by molar-refractivity contribution is 7.98. The van der Waals surface area contributed by atoms with Crippen molar-refractivity contribution in [2.24, 2.45) is 0 Å². The van der Waals surface area contributed by atoms with Crippen LogP contribution in [0, 0.1) is 6.92 Å². The number of fused-ring (bicyclic) bond motifs is 1. The fraction of sp³-hybridized carbons (Fsp3) is 0.105. The molecule has 0 spiro atoms. The van der Waals surface area contributed by atoms with E-state index in [1.807, 2.05) is 65.3 Å². The second-order valence-electron chi connectivity index (χ2n) is 5.70. The number of H-pyrrole nitrogens is 1. The van der Waals surface area contributed by atoms with Crippen molar-refractivity contribution in [3.05, 3.63) is 82.5 Å². The summed E-state index contributed by atoms with van der Waals surface area (Å²) in [5, 5.41) is 0.603. The molecule has 6 heteroatoms. The third-order valence-electron chi connectivity index (χ3n) is 3.95. The van der Waals surface area contributed by atoms with E-state index in [1.165, 1.54) is 11.8 Å². The SMILES string of the molecule is Cc1c(-c2ccccc2)nc(SCc2cn3ccccc3n2)[nH]c1=O. The van der Waals surface area contributed by atoms with Crippen molar-refractivity contribution >= 4 is 17.4 Å². The van der Waals surface area contributed by atoms with E-state index < -0.39 is 0 Å². The lowest BCUT2D eigenvalue weighted by Crippen LogP contribution is -2.14. The van der Waals surface area contributed by atoms with Gasteiger partial charge < -0.3 is 9.38 Å². The number of thioether (sulfide) groups is 1. The van der Waals surface area contributed by atoms with Crippen molar-refractivity contribution < 1.29 is 0 Å². The highest BCUT2D eigenvalue weighted by atomic mass is 32.2. The van der Waals surface area contributed by atoms with Crippen molar-refractivity contribution in [1.82, 2.24) is 19.4 Å². The lowest BCUT2D eigenvalue weighted by molar-refractivity contribution is 0.923. The van der Waals surface area contributed by atoms with E-state index in [0.29, 0.717) is 16.5 Å². The van der Waals surface area contributed by atoms with E-state index in [4.69, 9.17) is 0 Å². The highest BCUT2D eigenvalue weighted by Gasteiger charge is 2.11. The van der Waals surface area contributed by atoms with Crippen molar-refractivity contribution in [2.75, 3.05) is 0 Å². The number of benzene rings is 1. The van der Waals surface area contributed by atoms with Crippen LogP contribution in [0.3, 0.4) is 0 Å². The zero-order valence-corrected chi connectivity index (χ0v) is 14.5. The monoisotopic (exact) mass is 348 g/mol. The van der Waals surface area contributed by atoms with Gasteiger partial charge in [0.25, 0.3) is 5.56 Å². The molecule has 0 aliphatic heterocycles. The maximum absolute atomic E-state index is 12.3. The Balaban J connectivity index is 1.62. The fourth-order valence-corrected chi connectivity index (χ4v) is 3.40. The molecule has 124 valence electrons. The molecule has 0 atom stereocenters. The van der Waals surface area contributed by atoms with Gasteiger partial charge in [-0.25, -0.2) is 9.97 Å². The molecule has 0 saturated carbocycles. The quantitative estimate of drug-likeness (QED) is 0.451. The standard InChI is InChI=1S/C19H16N4OS/c1-13-17(14-7-3-2-4-8-14)21-19(22-18(13)24)25-12-15-11-23-10-6-5-9-16(23)20-15/h2-11H,12H2,1H3,(H,21,22,24). The number of nitrogens with one attached hydrogen (secondary N) is 1. The van der Waals surface area contributed by atoms with E-state index in [-0.39, 0.29) is 5.56 Å². The molecule has 0 saturated heterocycles. The molecule has 3 aromatic heterocycles. The number of aromatic nitrogens is 4. The fourth-order valence-electron chi connectivity index (χ4n) is 2.66. The summed E-state index contributed by atoms with van der Waals surface area (Å²) in [5.74, 6) is 0.641. The van der Waals surface area contributed by atoms with Gasteiger partial charge in [-0.2, -0.15) is 0 Å². The number of pyridine rings is 1. The van der Waals surface area contributed by atoms with Crippen LogP contribution in [0.4, 0.5) is 0 Å². The van der Waals surface area contributed by atoms with Gasteiger partial charge in [0.1, 0.15) is 5.65 Å². The van der Waals surface area contributed by atoms with E-state index in [9.17, 15) is 4.79 Å². The van der Waals surface area contributed by atoms with Gasteiger partial charge in [0, 0.05) is 29.3 Å². The van der Waals surface area contributed by atoms with Crippen LogP contribution in [0.25, 0.3) is 16.9 Å². The molecular weight excluding hydrogens is 332 g/mol. The zero-order chi connectivity index (χ0) is 17.2. The van der Waals surface area contributed by atoms with E-state index in [1.54, 1.807) is 6.92 Å². The predicted octanol–water partition coefficient (Wildman–Crippen LogP) is 3.69. The molecule has 3 heterocycles. The Morgan fingerprint density at radius 3 is 2.68 bits per heavy atom. The molecule has 1 N–H and O–H groups in total. The second-order valence-corrected chi connectivity index (χ2v) is 6.66. The Kier molecular flexibility index (Phi) is 4.11. The molecule has 0 amide bonds. The summed E-state index contributed by atoms with van der Waals surface area (Å²) in [4.78, 5) is 24.3. The summed E-state index contributed by atoms with van der Waals surface area (Å²) in [7, 11) is 0. The smallest absolute Gasteiger partial charge is 0.255 e. The van der Waals surface area contributed by atoms with Crippen LogP contribution in [-0.4, -0.2) is 19.4 Å². The van der Waals surface area contributed by atoms with Gasteiger partial charge in [-0.15, -0.1) is 0 Å². The molecule has 0 unspecified atom stereocenters. The minimum atomic E-state index is -0.105. The maximum Gasteiger partial charge on any atom is 0.255 e. The summed E-state index contributed by atoms with van der Waals surface area (Å²) < 4.78 is 1.98. The van der Waals surface area contributed by atoms with E-state index >= 15 is 0 Å². The second kappa shape index (κ2) is 6.57. The minimum Gasteiger partial charge on any atom is -0.307 e. The van der Waals surface area contributed by atoms with Gasteiger partial charge >= 0.3 is 0 Å². The van der Waals surface area contributed by atoms with Crippen LogP contribution >= 0.6 is 11.8 Å². The molecular formula is C19H16N4OS. The Morgan fingerprint density at radius 1 is 1.08 bits per heavy atom. The van der Waals surface area contributed by atoms with Gasteiger partial charge in [-0.3, -0.25) is 4.79 Å². The molecule has 1 aromatic carbocycles. The normalized spacial score (nSPS) is 11.1. The molecule has 0 aliphatic carbocycles. The molecule has 5 nitrogen and oxygen atoms in total. The van der Waals surface area contributed by atoms with Gasteiger partial charge in [0.2, 0.25) is 0 Å². The van der Waals surface area contributed by atoms with Crippen LogP contribution in [-0.2, 0) is 5.75 Å². The number of imidazole rings is 1. The molecule has 4 aromatic rings. The molecule has 0 radical (unpaired) electrons. The number of hydrogen-bond donors (Lipinski definition) is 1. The maximum atomic E-state index is 12.3. The summed E-state index contributed by atoms with van der Waals surface area (Å²) in [6.45, 7) is 1.80.